The van der Waals surface area contributed by atoms with Gasteiger partial charge in [-0.3, -0.25) is 0 Å². The minimum atomic E-state index is -4.34. The van der Waals surface area contributed by atoms with Crippen molar-refractivity contribution in [2.45, 2.75) is 30.8 Å². The molecule has 0 saturated heterocycles. The fourth-order valence-corrected chi connectivity index (χ4v) is 3.96. The minimum Gasteiger partial charge on any atom is -0.246 e. The number of halogens is 3. The van der Waals surface area contributed by atoms with Gasteiger partial charge in [-0.2, -0.15) is 18.3 Å². The summed E-state index contributed by atoms with van der Waals surface area (Å²) < 4.78 is 40.5. The fourth-order valence-electron chi connectivity index (χ4n) is 3.04. The predicted molar refractivity (Wildman–Crippen MR) is 109 cm³/mol. The van der Waals surface area contributed by atoms with Gasteiger partial charge in [-0.15, -0.1) is 0 Å². The third-order valence-electron chi connectivity index (χ3n) is 4.79. The maximum absolute atomic E-state index is 12.9. The predicted octanol–water partition coefficient (Wildman–Crippen LogP) is 6.32. The summed E-state index contributed by atoms with van der Waals surface area (Å²) in [5.41, 5.74) is 5.06. The van der Waals surface area contributed by atoms with E-state index in [1.807, 2.05) is 12.1 Å². The van der Waals surface area contributed by atoms with E-state index in [9.17, 15) is 13.2 Å². The quantitative estimate of drug-likeness (QED) is 0.367. The maximum atomic E-state index is 12.9. The van der Waals surface area contributed by atoms with Gasteiger partial charge in [0.25, 0.3) is 0 Å². The molecule has 0 bridgehead atoms. The highest BCUT2D eigenvalue weighted by Crippen LogP contribution is 2.32. The summed E-state index contributed by atoms with van der Waals surface area (Å²) in [6.45, 7) is 4.13. The molecule has 4 rings (SSSR count). The summed E-state index contributed by atoms with van der Waals surface area (Å²) in [5.74, 6) is 0.390. The molecule has 7 heteroatoms. The zero-order valence-electron chi connectivity index (χ0n) is 15.9. The van der Waals surface area contributed by atoms with Crippen molar-refractivity contribution >= 4 is 17.3 Å². The minimum absolute atomic E-state index is 0.390. The molecular weight excluding hydrogens is 395 g/mol. The molecule has 0 N–H and O–H groups in total. The first-order valence-electron chi connectivity index (χ1n) is 9.02. The van der Waals surface area contributed by atoms with E-state index in [-0.39, 0.29) is 0 Å². The fraction of sp³-hybridized carbons (Fsp3) is 0.182. The van der Waals surface area contributed by atoms with Crippen LogP contribution in [0.15, 0.2) is 66.0 Å². The number of aromatic nitrogens is 3. The van der Waals surface area contributed by atoms with E-state index in [4.69, 9.17) is 0 Å². The molecular formula is C22H18F3N3S. The number of hydrogen-bond donors (Lipinski definition) is 0. The van der Waals surface area contributed by atoms with Gasteiger partial charge in [0.15, 0.2) is 0 Å². The zero-order chi connectivity index (χ0) is 20.6. The van der Waals surface area contributed by atoms with Gasteiger partial charge in [0.1, 0.15) is 5.03 Å². The molecule has 0 aliphatic heterocycles. The van der Waals surface area contributed by atoms with Crippen LogP contribution < -0.4 is 0 Å². The summed E-state index contributed by atoms with van der Waals surface area (Å²) in [5, 5.41) is 5.36. The van der Waals surface area contributed by atoms with Crippen LogP contribution >= 0.6 is 11.8 Å². The van der Waals surface area contributed by atoms with E-state index < -0.39 is 11.7 Å². The highest BCUT2D eigenvalue weighted by molar-refractivity contribution is 7.98. The zero-order valence-corrected chi connectivity index (χ0v) is 16.7. The molecule has 0 aliphatic carbocycles. The Morgan fingerprint density at radius 3 is 2.59 bits per heavy atom. The lowest BCUT2D eigenvalue weighted by Gasteiger charge is -2.08. The molecule has 2 aromatic heterocycles. The Hall–Kier alpha value is -2.80. The van der Waals surface area contributed by atoms with Crippen LogP contribution in [0.2, 0.25) is 0 Å². The smallest absolute Gasteiger partial charge is 0.246 e. The molecule has 0 fully saturated rings. The van der Waals surface area contributed by atoms with E-state index in [1.54, 1.807) is 23.0 Å². The summed E-state index contributed by atoms with van der Waals surface area (Å²) >= 11 is 1.40. The van der Waals surface area contributed by atoms with Gasteiger partial charge in [0.2, 0.25) is 0 Å². The summed E-state index contributed by atoms with van der Waals surface area (Å²) in [6.07, 6.45) is -0.918. The first kappa shape index (κ1) is 19.5. The molecule has 29 heavy (non-hydrogen) atoms. The number of rotatable bonds is 4. The van der Waals surface area contributed by atoms with Gasteiger partial charge in [0, 0.05) is 23.7 Å². The van der Waals surface area contributed by atoms with Crippen LogP contribution in [0.25, 0.3) is 16.8 Å². The molecule has 0 amide bonds. The van der Waals surface area contributed by atoms with Crippen molar-refractivity contribution in [3.63, 3.8) is 0 Å². The number of alkyl halides is 3. The van der Waals surface area contributed by atoms with Crippen LogP contribution in [0.3, 0.4) is 0 Å². The van der Waals surface area contributed by atoms with Crippen molar-refractivity contribution in [1.29, 1.82) is 0 Å². The second-order valence-electron chi connectivity index (χ2n) is 6.88. The first-order valence-corrected chi connectivity index (χ1v) is 10.0. The Morgan fingerprint density at radius 2 is 1.83 bits per heavy atom. The van der Waals surface area contributed by atoms with Gasteiger partial charge < -0.3 is 0 Å². The third-order valence-corrected chi connectivity index (χ3v) is 5.85. The molecule has 0 atom stereocenters. The molecule has 2 aromatic carbocycles. The van der Waals surface area contributed by atoms with Gasteiger partial charge in [-0.05, 0) is 48.7 Å². The van der Waals surface area contributed by atoms with Gasteiger partial charge in [0.05, 0.1) is 16.8 Å². The molecule has 0 aliphatic rings. The average molecular weight is 413 g/mol. The molecule has 2 heterocycles. The molecule has 0 spiro atoms. The van der Waals surface area contributed by atoms with E-state index in [1.165, 1.54) is 35.0 Å². The van der Waals surface area contributed by atoms with Crippen molar-refractivity contribution in [2.24, 2.45) is 0 Å². The topological polar surface area (TPSA) is 30.2 Å². The molecule has 0 radical (unpaired) electrons. The van der Waals surface area contributed by atoms with Crippen LogP contribution in [0.5, 0.6) is 0 Å². The Morgan fingerprint density at radius 1 is 1.00 bits per heavy atom. The van der Waals surface area contributed by atoms with Crippen LogP contribution in [0.1, 0.15) is 22.3 Å². The van der Waals surface area contributed by atoms with Gasteiger partial charge in [-0.25, -0.2) is 9.50 Å². The van der Waals surface area contributed by atoms with Crippen molar-refractivity contribution in [3.8, 4) is 11.3 Å². The van der Waals surface area contributed by atoms with Crippen LogP contribution in [0.4, 0.5) is 13.2 Å². The number of nitrogens with zero attached hydrogens (tertiary/aromatic N) is 3. The maximum Gasteiger partial charge on any atom is 0.416 e. The van der Waals surface area contributed by atoms with Crippen molar-refractivity contribution in [2.75, 3.05) is 0 Å². The monoisotopic (exact) mass is 413 g/mol. The highest BCUT2D eigenvalue weighted by atomic mass is 32.2. The molecule has 3 nitrogen and oxygen atoms in total. The van der Waals surface area contributed by atoms with Gasteiger partial charge >= 0.3 is 6.18 Å². The van der Waals surface area contributed by atoms with Crippen LogP contribution in [-0.4, -0.2) is 14.6 Å². The van der Waals surface area contributed by atoms with E-state index in [2.05, 4.69) is 36.1 Å². The molecule has 148 valence electrons. The van der Waals surface area contributed by atoms with Crippen molar-refractivity contribution in [3.05, 3.63) is 83.2 Å². The first-order chi connectivity index (χ1) is 13.8. The number of benzene rings is 2. The summed E-state index contributed by atoms with van der Waals surface area (Å²) in [4.78, 5) is 4.41. The number of hydrogen-bond acceptors (Lipinski definition) is 3. The lowest BCUT2D eigenvalue weighted by atomic mass is 10.0. The number of aryl methyl sites for hydroxylation is 2. The van der Waals surface area contributed by atoms with Crippen molar-refractivity contribution < 1.29 is 13.2 Å². The number of thioether (sulfide) groups is 1. The lowest BCUT2D eigenvalue weighted by molar-refractivity contribution is -0.137. The van der Waals surface area contributed by atoms with Crippen molar-refractivity contribution in [1.82, 2.24) is 14.6 Å². The van der Waals surface area contributed by atoms with Crippen LogP contribution in [0, 0.1) is 13.8 Å². The summed E-state index contributed by atoms with van der Waals surface area (Å²) in [7, 11) is 0. The van der Waals surface area contributed by atoms with E-state index in [0.29, 0.717) is 11.3 Å². The van der Waals surface area contributed by atoms with E-state index in [0.717, 1.165) is 27.9 Å². The Bertz CT molecular complexity index is 1180. The SMILES string of the molecule is Cc1ccc(-c2cc3c(SCc4cccc(C(F)(F)F)c4)nccn3n2)cc1C. The largest absolute Gasteiger partial charge is 0.416 e. The third kappa shape index (κ3) is 4.15. The average Bonchev–Trinajstić information content (AvgIpc) is 3.13. The lowest BCUT2D eigenvalue weighted by Crippen LogP contribution is -2.04. The number of fused-ring (bicyclic) bond motifs is 1. The van der Waals surface area contributed by atoms with E-state index >= 15 is 0 Å². The normalized spacial score (nSPS) is 11.9. The molecule has 0 saturated carbocycles. The molecule has 4 aromatic rings. The standard InChI is InChI=1S/C22H18F3N3S/c1-14-6-7-17(10-15(14)2)19-12-20-21(26-8-9-28(20)27-19)29-13-16-4-3-5-18(11-16)22(23,24)25/h3-12H,13H2,1-2H3. The second-order valence-corrected chi connectivity index (χ2v) is 7.84. The van der Waals surface area contributed by atoms with Gasteiger partial charge in [-0.1, -0.05) is 42.1 Å². The Balaban J connectivity index is 1.62. The molecule has 0 unspecified atom stereocenters. The second kappa shape index (κ2) is 7.55. The Kier molecular flexibility index (Phi) is 5.08. The highest BCUT2D eigenvalue weighted by Gasteiger charge is 2.30. The Labute approximate surface area is 170 Å². The summed E-state index contributed by atoms with van der Waals surface area (Å²) in [6, 6.07) is 13.6. The van der Waals surface area contributed by atoms with Crippen LogP contribution in [-0.2, 0) is 11.9 Å².